The molecule has 232 valence electrons. The highest BCUT2D eigenvalue weighted by Crippen LogP contribution is 2.23. The highest BCUT2D eigenvalue weighted by atomic mass is 32.2. The van der Waals surface area contributed by atoms with Crippen molar-refractivity contribution in [3.63, 3.8) is 0 Å². The molecule has 46 heavy (non-hydrogen) atoms. The lowest BCUT2D eigenvalue weighted by Crippen LogP contribution is -2.03. The van der Waals surface area contributed by atoms with Crippen molar-refractivity contribution in [2.45, 2.75) is 23.3 Å². The number of thiophene rings is 1. The minimum Gasteiger partial charge on any atom is -0.488 e. The lowest BCUT2D eigenvalue weighted by molar-refractivity contribution is -0.138. The highest BCUT2D eigenvalue weighted by molar-refractivity contribution is 7.99. The molecule has 0 aliphatic rings. The number of esters is 2. The van der Waals surface area contributed by atoms with E-state index in [1.165, 1.54) is 12.2 Å². The predicted molar refractivity (Wildman–Crippen MR) is 188 cm³/mol. The van der Waals surface area contributed by atoms with Gasteiger partial charge in [0.15, 0.2) is 0 Å². The summed E-state index contributed by atoms with van der Waals surface area (Å²) in [4.78, 5) is 26.5. The largest absolute Gasteiger partial charge is 0.488 e. The third kappa shape index (κ3) is 11.7. The third-order valence-electron chi connectivity index (χ3n) is 6.12. The molecular weight excluding hydrogens is 633 g/mol. The van der Waals surface area contributed by atoms with Gasteiger partial charge in [-0.2, -0.15) is 0 Å². The lowest BCUT2D eigenvalue weighted by atomic mass is 10.1. The molecule has 0 bridgehead atoms. The molecule has 0 saturated carbocycles. The Morgan fingerprint density at radius 3 is 1.78 bits per heavy atom. The Kier molecular flexibility index (Phi) is 13.7. The zero-order valence-electron chi connectivity index (χ0n) is 25.4. The first kappa shape index (κ1) is 34.3. The molecule has 0 spiro atoms. The van der Waals surface area contributed by atoms with Crippen LogP contribution in [-0.2, 0) is 25.7 Å². The maximum Gasteiger partial charge on any atom is 0.330 e. The van der Waals surface area contributed by atoms with E-state index in [9.17, 15) is 9.59 Å². The van der Waals surface area contributed by atoms with E-state index in [0.717, 1.165) is 47.5 Å². The van der Waals surface area contributed by atoms with Crippen LogP contribution in [0.5, 0.6) is 5.75 Å². The van der Waals surface area contributed by atoms with E-state index in [1.54, 1.807) is 34.9 Å². The second-order valence-corrected chi connectivity index (χ2v) is 13.0. The van der Waals surface area contributed by atoms with Gasteiger partial charge in [0.1, 0.15) is 25.6 Å². The van der Waals surface area contributed by atoms with Gasteiger partial charge in [0.2, 0.25) is 0 Å². The molecule has 1 heterocycles. The van der Waals surface area contributed by atoms with Crippen molar-refractivity contribution in [1.29, 1.82) is 0 Å². The fraction of sp³-hybridized carbons (Fsp3) is 0.158. The molecule has 0 saturated heterocycles. The SMILES string of the molecule is C=CC(=O)OCCSc1ccc(C#Cc2ccc(OCc3ccc(C#Cc4ccc(SCCOC(=O)C=C)cc4)s3)c(C)c2)cc1. The van der Waals surface area contributed by atoms with E-state index in [2.05, 4.69) is 36.8 Å². The van der Waals surface area contributed by atoms with Crippen molar-refractivity contribution in [3.8, 4) is 29.4 Å². The summed E-state index contributed by atoms with van der Waals surface area (Å²) in [5.41, 5.74) is 3.80. The summed E-state index contributed by atoms with van der Waals surface area (Å²) in [5, 5.41) is 0. The van der Waals surface area contributed by atoms with Crippen LogP contribution >= 0.6 is 34.9 Å². The van der Waals surface area contributed by atoms with Gasteiger partial charge in [0.25, 0.3) is 0 Å². The summed E-state index contributed by atoms with van der Waals surface area (Å²) >= 11 is 4.85. The van der Waals surface area contributed by atoms with Gasteiger partial charge in [-0.3, -0.25) is 0 Å². The Labute approximate surface area is 283 Å². The second kappa shape index (κ2) is 18.4. The molecule has 0 radical (unpaired) electrons. The Hall–Kier alpha value is -4.60. The standard InChI is InChI=1S/C38H32O5S3/c1-4-37(39)41-22-24-44-32-14-8-29(9-15-32)6-7-31-13-21-36(28(3)26-31)43-27-35-20-19-34(46-35)18-12-30-10-16-33(17-11-30)45-25-23-42-38(40)5-2/h4-5,8-11,13-17,19-21,26H,1-2,22-25,27H2,3H3. The molecule has 0 atom stereocenters. The lowest BCUT2D eigenvalue weighted by Gasteiger charge is -2.08. The quantitative estimate of drug-likeness (QED) is 0.0471. The molecule has 0 fully saturated rings. The fourth-order valence-electron chi connectivity index (χ4n) is 3.83. The van der Waals surface area contributed by atoms with Crippen molar-refractivity contribution in [2.24, 2.45) is 0 Å². The van der Waals surface area contributed by atoms with Gasteiger partial charge in [0.05, 0.1) is 4.88 Å². The average Bonchev–Trinajstić information content (AvgIpc) is 3.54. The van der Waals surface area contributed by atoms with Crippen LogP contribution in [0.4, 0.5) is 0 Å². The Morgan fingerprint density at radius 2 is 1.24 bits per heavy atom. The van der Waals surface area contributed by atoms with Gasteiger partial charge in [-0.05, 0) is 91.3 Å². The van der Waals surface area contributed by atoms with Crippen LogP contribution in [0, 0.1) is 30.6 Å². The third-order valence-corrected chi connectivity index (χ3v) is 9.05. The van der Waals surface area contributed by atoms with Crippen LogP contribution in [0.1, 0.15) is 32.0 Å². The molecular formula is C38H32O5S3. The first-order valence-electron chi connectivity index (χ1n) is 14.3. The van der Waals surface area contributed by atoms with E-state index >= 15 is 0 Å². The van der Waals surface area contributed by atoms with Crippen molar-refractivity contribution < 1.29 is 23.8 Å². The summed E-state index contributed by atoms with van der Waals surface area (Å²) in [5.74, 6) is 14.3. The zero-order valence-corrected chi connectivity index (χ0v) is 27.8. The molecule has 3 aromatic carbocycles. The number of carbonyl (C=O) groups is 2. The first-order chi connectivity index (χ1) is 22.4. The Morgan fingerprint density at radius 1 is 0.717 bits per heavy atom. The van der Waals surface area contributed by atoms with E-state index < -0.39 is 11.9 Å². The average molecular weight is 665 g/mol. The van der Waals surface area contributed by atoms with Crippen molar-refractivity contribution >= 4 is 46.8 Å². The van der Waals surface area contributed by atoms with E-state index in [0.29, 0.717) is 31.3 Å². The van der Waals surface area contributed by atoms with Crippen LogP contribution in [0.2, 0.25) is 0 Å². The van der Waals surface area contributed by atoms with Crippen molar-refractivity contribution in [3.05, 3.63) is 136 Å². The topological polar surface area (TPSA) is 61.8 Å². The molecule has 4 rings (SSSR count). The van der Waals surface area contributed by atoms with Gasteiger partial charge < -0.3 is 14.2 Å². The highest BCUT2D eigenvalue weighted by Gasteiger charge is 2.04. The monoisotopic (exact) mass is 664 g/mol. The number of carbonyl (C=O) groups excluding carboxylic acids is 2. The molecule has 4 aromatic rings. The maximum atomic E-state index is 11.1. The van der Waals surface area contributed by atoms with Gasteiger partial charge >= 0.3 is 11.9 Å². The normalized spacial score (nSPS) is 10.0. The number of hydrogen-bond donors (Lipinski definition) is 0. The van der Waals surface area contributed by atoms with E-state index in [-0.39, 0.29) is 0 Å². The number of aryl methyl sites for hydroxylation is 1. The maximum absolute atomic E-state index is 11.1. The minimum atomic E-state index is -0.404. The van der Waals surface area contributed by atoms with Crippen LogP contribution < -0.4 is 4.74 Å². The number of hydrogen-bond acceptors (Lipinski definition) is 8. The summed E-state index contributed by atoms with van der Waals surface area (Å²) in [7, 11) is 0. The Bertz CT molecular complexity index is 1780. The number of thioether (sulfide) groups is 2. The van der Waals surface area contributed by atoms with Gasteiger partial charge in [-0.15, -0.1) is 34.9 Å². The van der Waals surface area contributed by atoms with Crippen LogP contribution in [0.15, 0.2) is 114 Å². The zero-order chi connectivity index (χ0) is 32.6. The molecule has 0 aliphatic carbocycles. The predicted octanol–water partition coefficient (Wildman–Crippen LogP) is 8.08. The van der Waals surface area contributed by atoms with Gasteiger partial charge in [-0.1, -0.05) is 36.8 Å². The van der Waals surface area contributed by atoms with Crippen molar-refractivity contribution in [2.75, 3.05) is 24.7 Å². The molecule has 0 aliphatic heterocycles. The number of ether oxygens (including phenoxy) is 3. The van der Waals surface area contributed by atoms with Crippen LogP contribution in [-0.4, -0.2) is 36.7 Å². The summed E-state index contributed by atoms with van der Waals surface area (Å²) in [6.45, 7) is 9.95. The number of rotatable bonds is 13. The fourth-order valence-corrected chi connectivity index (χ4v) is 6.07. The smallest absolute Gasteiger partial charge is 0.330 e. The summed E-state index contributed by atoms with van der Waals surface area (Å²) in [6.07, 6.45) is 2.33. The molecule has 1 aromatic heterocycles. The van der Waals surface area contributed by atoms with Crippen LogP contribution in [0.3, 0.4) is 0 Å². The molecule has 0 unspecified atom stereocenters. The second-order valence-electron chi connectivity index (χ2n) is 9.52. The first-order valence-corrected chi connectivity index (χ1v) is 17.1. The molecule has 0 amide bonds. The minimum absolute atomic E-state index is 0.344. The summed E-state index contributed by atoms with van der Waals surface area (Å²) < 4.78 is 16.1. The number of benzene rings is 3. The van der Waals surface area contributed by atoms with E-state index in [1.807, 2.05) is 85.8 Å². The van der Waals surface area contributed by atoms with E-state index in [4.69, 9.17) is 14.2 Å². The molecule has 5 nitrogen and oxygen atoms in total. The Balaban J connectivity index is 1.23. The van der Waals surface area contributed by atoms with Gasteiger partial charge in [0, 0.05) is 55.0 Å². The molecule has 0 N–H and O–H groups in total. The van der Waals surface area contributed by atoms with Crippen LogP contribution in [0.25, 0.3) is 0 Å². The summed E-state index contributed by atoms with van der Waals surface area (Å²) in [6, 6.07) is 26.0. The van der Waals surface area contributed by atoms with Gasteiger partial charge in [-0.25, -0.2) is 9.59 Å². The van der Waals surface area contributed by atoms with Crippen molar-refractivity contribution in [1.82, 2.24) is 0 Å². The molecule has 8 heteroatoms.